The predicted octanol–water partition coefficient (Wildman–Crippen LogP) is 4.33. The Morgan fingerprint density at radius 3 is 2.44 bits per heavy atom. The van der Waals surface area contributed by atoms with Gasteiger partial charge in [0.1, 0.15) is 5.82 Å². The Kier molecular flexibility index (Phi) is 4.59. The summed E-state index contributed by atoms with van der Waals surface area (Å²) in [5, 5.41) is 0.387. The van der Waals surface area contributed by atoms with Gasteiger partial charge in [0.2, 0.25) is 0 Å². The summed E-state index contributed by atoms with van der Waals surface area (Å²) in [5.74, 6) is -0.347. The Labute approximate surface area is 124 Å². The van der Waals surface area contributed by atoms with E-state index < -0.39 is 0 Å². The molecule has 1 unspecified atom stereocenters. The van der Waals surface area contributed by atoms with E-state index in [2.05, 4.69) is 22.6 Å². The number of hydrogen-bond acceptors (Lipinski definition) is 1. The quantitative estimate of drug-likeness (QED) is 0.794. The molecule has 2 rings (SSSR count). The van der Waals surface area contributed by atoms with E-state index in [0.29, 0.717) is 17.0 Å². The monoisotopic (exact) mass is 375 g/mol. The summed E-state index contributed by atoms with van der Waals surface area (Å²) in [6, 6.07) is 12.3. The van der Waals surface area contributed by atoms with Crippen LogP contribution >= 0.6 is 34.2 Å². The summed E-state index contributed by atoms with van der Waals surface area (Å²) in [5.41, 5.74) is 7.62. The van der Waals surface area contributed by atoms with Crippen LogP contribution in [0.2, 0.25) is 5.02 Å². The number of nitrogens with two attached hydrogens (primary N) is 1. The first-order valence-electron chi connectivity index (χ1n) is 5.51. The highest BCUT2D eigenvalue weighted by atomic mass is 127. The summed E-state index contributed by atoms with van der Waals surface area (Å²) >= 11 is 7.96. The maximum atomic E-state index is 13.7. The fraction of sp³-hybridized carbons (Fsp3) is 0.143. The maximum Gasteiger partial charge on any atom is 0.129 e. The van der Waals surface area contributed by atoms with Gasteiger partial charge in [-0.2, -0.15) is 0 Å². The molecular formula is C14H12ClFIN. The molecule has 18 heavy (non-hydrogen) atoms. The lowest BCUT2D eigenvalue weighted by atomic mass is 9.99. The minimum atomic E-state index is -0.359. The molecule has 0 aromatic heterocycles. The molecule has 2 aromatic carbocycles. The number of halogens is 3. The van der Waals surface area contributed by atoms with Gasteiger partial charge in [-0.05, 0) is 58.8 Å². The largest absolute Gasteiger partial charge is 0.324 e. The molecule has 1 nitrogen and oxygen atoms in total. The van der Waals surface area contributed by atoms with E-state index in [9.17, 15) is 4.39 Å². The zero-order valence-corrected chi connectivity index (χ0v) is 12.5. The second-order valence-corrected chi connectivity index (χ2v) is 5.78. The van der Waals surface area contributed by atoms with Crippen LogP contribution in [0.15, 0.2) is 42.5 Å². The van der Waals surface area contributed by atoms with Crippen molar-refractivity contribution in [3.63, 3.8) is 0 Å². The molecule has 0 fully saturated rings. The van der Waals surface area contributed by atoms with Gasteiger partial charge in [0.25, 0.3) is 0 Å². The first kappa shape index (κ1) is 13.8. The molecule has 0 saturated carbocycles. The highest BCUT2D eigenvalue weighted by Gasteiger charge is 2.12. The fourth-order valence-corrected chi connectivity index (χ4v) is 2.30. The Hall–Kier alpha value is -0.650. The minimum absolute atomic E-state index is 0.347. The lowest BCUT2D eigenvalue weighted by Crippen LogP contribution is -2.15. The van der Waals surface area contributed by atoms with Gasteiger partial charge >= 0.3 is 0 Å². The molecule has 2 N–H and O–H groups in total. The second kappa shape index (κ2) is 5.99. The molecule has 94 valence electrons. The summed E-state index contributed by atoms with van der Waals surface area (Å²) in [4.78, 5) is 0. The topological polar surface area (TPSA) is 26.0 Å². The van der Waals surface area contributed by atoms with Crippen LogP contribution in [-0.4, -0.2) is 0 Å². The average molecular weight is 376 g/mol. The first-order chi connectivity index (χ1) is 8.56. The van der Waals surface area contributed by atoms with E-state index in [-0.39, 0.29) is 11.9 Å². The smallest absolute Gasteiger partial charge is 0.129 e. The van der Waals surface area contributed by atoms with Crippen LogP contribution in [0, 0.1) is 9.39 Å². The molecule has 1 atom stereocenters. The van der Waals surface area contributed by atoms with Crippen molar-refractivity contribution in [1.29, 1.82) is 0 Å². The standard InChI is InChI=1S/C14H12ClFIN/c15-10-3-6-12(13(16)8-10)14(18)7-9-1-4-11(17)5-2-9/h1-6,8,14H,7,18H2. The first-order valence-corrected chi connectivity index (χ1v) is 6.97. The average Bonchev–Trinajstić information content (AvgIpc) is 2.32. The van der Waals surface area contributed by atoms with Gasteiger partial charge in [-0.15, -0.1) is 0 Å². The van der Waals surface area contributed by atoms with Gasteiger partial charge in [0.05, 0.1) is 0 Å². The minimum Gasteiger partial charge on any atom is -0.324 e. The van der Waals surface area contributed by atoms with Gasteiger partial charge in [-0.25, -0.2) is 4.39 Å². The van der Waals surface area contributed by atoms with Gasteiger partial charge < -0.3 is 5.73 Å². The molecule has 0 heterocycles. The molecule has 0 aliphatic heterocycles. The van der Waals surface area contributed by atoms with Gasteiger partial charge in [0.15, 0.2) is 0 Å². The lowest BCUT2D eigenvalue weighted by molar-refractivity contribution is 0.580. The van der Waals surface area contributed by atoms with Crippen molar-refractivity contribution in [2.45, 2.75) is 12.5 Å². The number of rotatable bonds is 3. The Morgan fingerprint density at radius 1 is 1.17 bits per heavy atom. The SMILES string of the molecule is NC(Cc1ccc(I)cc1)c1ccc(Cl)cc1F. The Morgan fingerprint density at radius 2 is 1.83 bits per heavy atom. The van der Waals surface area contributed by atoms with Crippen molar-refractivity contribution in [2.24, 2.45) is 5.73 Å². The van der Waals surface area contributed by atoms with Crippen LogP contribution in [0.3, 0.4) is 0 Å². The van der Waals surface area contributed by atoms with E-state index >= 15 is 0 Å². The third kappa shape index (κ3) is 3.43. The maximum absolute atomic E-state index is 13.7. The van der Waals surface area contributed by atoms with Crippen LogP contribution in [-0.2, 0) is 6.42 Å². The third-order valence-electron chi connectivity index (χ3n) is 2.73. The Balaban J connectivity index is 2.16. The molecule has 0 aliphatic rings. The number of hydrogen-bond donors (Lipinski definition) is 1. The zero-order chi connectivity index (χ0) is 13.1. The lowest BCUT2D eigenvalue weighted by Gasteiger charge is -2.13. The van der Waals surface area contributed by atoms with Crippen molar-refractivity contribution < 1.29 is 4.39 Å². The molecule has 0 radical (unpaired) electrons. The van der Waals surface area contributed by atoms with Gasteiger partial charge in [-0.1, -0.05) is 29.8 Å². The van der Waals surface area contributed by atoms with Crippen LogP contribution in [0.25, 0.3) is 0 Å². The summed E-state index contributed by atoms with van der Waals surface area (Å²) in [6.45, 7) is 0. The van der Waals surface area contributed by atoms with E-state index in [1.807, 2.05) is 24.3 Å². The molecular weight excluding hydrogens is 364 g/mol. The van der Waals surface area contributed by atoms with Gasteiger partial charge in [0, 0.05) is 20.2 Å². The molecule has 0 aliphatic carbocycles. The van der Waals surface area contributed by atoms with Crippen LogP contribution in [0.1, 0.15) is 17.2 Å². The van der Waals surface area contributed by atoms with Crippen molar-refractivity contribution >= 4 is 34.2 Å². The van der Waals surface area contributed by atoms with E-state index in [4.69, 9.17) is 17.3 Å². The molecule has 4 heteroatoms. The third-order valence-corrected chi connectivity index (χ3v) is 3.69. The van der Waals surface area contributed by atoms with Crippen LogP contribution in [0.5, 0.6) is 0 Å². The van der Waals surface area contributed by atoms with Gasteiger partial charge in [-0.3, -0.25) is 0 Å². The summed E-state index contributed by atoms with van der Waals surface area (Å²) in [6.07, 6.45) is 0.607. The second-order valence-electron chi connectivity index (χ2n) is 4.10. The normalized spacial score (nSPS) is 12.4. The molecule has 0 bridgehead atoms. The van der Waals surface area contributed by atoms with E-state index in [1.165, 1.54) is 9.64 Å². The van der Waals surface area contributed by atoms with Crippen LogP contribution in [0.4, 0.5) is 4.39 Å². The van der Waals surface area contributed by atoms with Crippen molar-refractivity contribution in [2.75, 3.05) is 0 Å². The van der Waals surface area contributed by atoms with Crippen molar-refractivity contribution in [1.82, 2.24) is 0 Å². The fourth-order valence-electron chi connectivity index (χ4n) is 1.79. The summed E-state index contributed by atoms with van der Waals surface area (Å²) in [7, 11) is 0. The molecule has 0 spiro atoms. The predicted molar refractivity (Wildman–Crippen MR) is 81.2 cm³/mol. The van der Waals surface area contributed by atoms with Crippen molar-refractivity contribution in [3.8, 4) is 0 Å². The van der Waals surface area contributed by atoms with E-state index in [1.54, 1.807) is 12.1 Å². The van der Waals surface area contributed by atoms with E-state index in [0.717, 1.165) is 5.56 Å². The molecule has 0 saturated heterocycles. The van der Waals surface area contributed by atoms with Crippen LogP contribution < -0.4 is 5.73 Å². The number of benzene rings is 2. The Bertz CT molecular complexity index is 542. The zero-order valence-electron chi connectivity index (χ0n) is 9.54. The molecule has 2 aromatic rings. The highest BCUT2D eigenvalue weighted by molar-refractivity contribution is 14.1. The molecule has 0 amide bonds. The van der Waals surface area contributed by atoms with Crippen molar-refractivity contribution in [3.05, 3.63) is 68.0 Å². The highest BCUT2D eigenvalue weighted by Crippen LogP contribution is 2.22. The summed E-state index contributed by atoms with van der Waals surface area (Å²) < 4.78 is 14.9.